The van der Waals surface area contributed by atoms with E-state index in [0.717, 1.165) is 23.7 Å². The van der Waals surface area contributed by atoms with Gasteiger partial charge in [-0.2, -0.15) is 0 Å². The number of fused-ring (bicyclic) bond motifs is 1. The zero-order valence-electron chi connectivity index (χ0n) is 12.1. The summed E-state index contributed by atoms with van der Waals surface area (Å²) in [5.41, 5.74) is 2.63. The molecule has 0 atom stereocenters. The van der Waals surface area contributed by atoms with Crippen LogP contribution >= 0.6 is 11.6 Å². The average molecular weight is 300 g/mol. The molecule has 0 aliphatic heterocycles. The molecule has 0 aliphatic carbocycles. The van der Waals surface area contributed by atoms with Crippen LogP contribution in [0.4, 0.5) is 0 Å². The fourth-order valence-corrected chi connectivity index (χ4v) is 2.58. The van der Waals surface area contributed by atoms with Gasteiger partial charge in [-0.05, 0) is 59.8 Å². The Labute approximate surface area is 129 Å². The number of hydrogen-bond donors (Lipinski definition) is 0. The van der Waals surface area contributed by atoms with Gasteiger partial charge < -0.3 is 9.30 Å². The number of ether oxygens (including phenoxy) is 1. The predicted octanol–water partition coefficient (Wildman–Crippen LogP) is 4.94. The summed E-state index contributed by atoms with van der Waals surface area (Å²) in [6.07, 6.45) is 3.19. The molecule has 0 unspecified atom stereocenters. The van der Waals surface area contributed by atoms with Crippen molar-refractivity contribution in [1.29, 1.82) is 0 Å². The second kappa shape index (κ2) is 6.23. The second-order valence-corrected chi connectivity index (χ2v) is 5.49. The van der Waals surface area contributed by atoms with Gasteiger partial charge in [-0.25, -0.2) is 0 Å². The van der Waals surface area contributed by atoms with Gasteiger partial charge in [0.15, 0.2) is 0 Å². The van der Waals surface area contributed by atoms with Gasteiger partial charge in [0.25, 0.3) is 0 Å². The smallest absolute Gasteiger partial charge is 0.119 e. The maximum atomic E-state index is 5.86. The highest BCUT2D eigenvalue weighted by Crippen LogP contribution is 2.19. The molecule has 0 saturated heterocycles. The molecule has 1 heterocycles. The molecule has 0 N–H and O–H groups in total. The number of hydrogen-bond acceptors (Lipinski definition) is 1. The van der Waals surface area contributed by atoms with Crippen molar-refractivity contribution in [1.82, 2.24) is 4.57 Å². The highest BCUT2D eigenvalue weighted by Gasteiger charge is 2.02. The number of aryl methyl sites for hydroxylation is 1. The first-order valence-corrected chi connectivity index (χ1v) is 7.60. The molecule has 21 heavy (non-hydrogen) atoms. The van der Waals surface area contributed by atoms with Gasteiger partial charge in [-0.3, -0.25) is 0 Å². The fraction of sp³-hybridized carbons (Fsp3) is 0.222. The minimum atomic E-state index is 0.640. The lowest BCUT2D eigenvalue weighted by atomic mass is 10.1. The zero-order valence-corrected chi connectivity index (χ0v) is 12.8. The predicted molar refractivity (Wildman–Crippen MR) is 88.3 cm³/mol. The second-order valence-electron chi connectivity index (χ2n) is 5.06. The summed E-state index contributed by atoms with van der Waals surface area (Å²) in [5.74, 6) is 0.851. The van der Waals surface area contributed by atoms with Crippen LogP contribution in [0.5, 0.6) is 5.75 Å². The third-order valence-corrected chi connectivity index (χ3v) is 3.91. The highest BCUT2D eigenvalue weighted by atomic mass is 35.5. The van der Waals surface area contributed by atoms with Crippen LogP contribution in [0.25, 0.3) is 10.9 Å². The van der Waals surface area contributed by atoms with Gasteiger partial charge in [-0.1, -0.05) is 24.6 Å². The molecule has 0 bridgehead atoms. The molecule has 0 saturated carbocycles. The maximum absolute atomic E-state index is 5.86. The van der Waals surface area contributed by atoms with E-state index >= 15 is 0 Å². The summed E-state index contributed by atoms with van der Waals surface area (Å²) in [7, 11) is 0. The molecule has 0 fully saturated rings. The minimum Gasteiger partial charge on any atom is -0.492 e. The van der Waals surface area contributed by atoms with Crippen LogP contribution in [-0.2, 0) is 13.0 Å². The minimum absolute atomic E-state index is 0.640. The van der Waals surface area contributed by atoms with E-state index in [9.17, 15) is 0 Å². The van der Waals surface area contributed by atoms with Crippen LogP contribution in [0.15, 0.2) is 54.7 Å². The number of aromatic nitrogens is 1. The lowest BCUT2D eigenvalue weighted by Gasteiger charge is -2.08. The Morgan fingerprint density at radius 1 is 1.05 bits per heavy atom. The largest absolute Gasteiger partial charge is 0.492 e. The van der Waals surface area contributed by atoms with E-state index in [-0.39, 0.29) is 0 Å². The van der Waals surface area contributed by atoms with Gasteiger partial charge in [0.2, 0.25) is 0 Å². The van der Waals surface area contributed by atoms with E-state index in [1.165, 1.54) is 16.5 Å². The molecular formula is C18H18ClNO. The van der Waals surface area contributed by atoms with Gasteiger partial charge in [0.05, 0.1) is 6.54 Å². The van der Waals surface area contributed by atoms with Crippen LogP contribution in [0.2, 0.25) is 5.02 Å². The van der Waals surface area contributed by atoms with Crippen molar-refractivity contribution in [3.05, 3.63) is 65.3 Å². The SMILES string of the molecule is CCc1ccc2c(ccn2CCOc2ccc(Cl)cc2)c1. The van der Waals surface area contributed by atoms with Crippen LogP contribution in [-0.4, -0.2) is 11.2 Å². The Morgan fingerprint density at radius 2 is 1.86 bits per heavy atom. The van der Waals surface area contributed by atoms with Crippen molar-refractivity contribution >= 4 is 22.5 Å². The lowest BCUT2D eigenvalue weighted by molar-refractivity contribution is 0.300. The highest BCUT2D eigenvalue weighted by molar-refractivity contribution is 6.30. The molecule has 3 rings (SSSR count). The summed E-state index contributed by atoms with van der Waals surface area (Å²) in [6.45, 7) is 3.65. The molecule has 0 radical (unpaired) electrons. The van der Waals surface area contributed by atoms with Crippen LogP contribution in [0, 0.1) is 0 Å². The Morgan fingerprint density at radius 3 is 2.62 bits per heavy atom. The molecule has 0 aliphatic rings. The molecule has 2 nitrogen and oxygen atoms in total. The van der Waals surface area contributed by atoms with Crippen molar-refractivity contribution in [3.63, 3.8) is 0 Å². The van der Waals surface area contributed by atoms with Gasteiger partial charge >= 0.3 is 0 Å². The average Bonchev–Trinajstić information content (AvgIpc) is 2.91. The first-order valence-electron chi connectivity index (χ1n) is 7.22. The number of nitrogens with zero attached hydrogens (tertiary/aromatic N) is 1. The Kier molecular flexibility index (Phi) is 4.16. The molecular weight excluding hydrogens is 282 g/mol. The zero-order chi connectivity index (χ0) is 14.7. The van der Waals surface area contributed by atoms with Gasteiger partial charge in [-0.15, -0.1) is 0 Å². The van der Waals surface area contributed by atoms with Crippen molar-refractivity contribution in [2.75, 3.05) is 6.61 Å². The molecule has 108 valence electrons. The summed E-state index contributed by atoms with van der Waals surface area (Å²) in [6, 6.07) is 16.3. The van der Waals surface area contributed by atoms with E-state index in [1.54, 1.807) is 0 Å². The van der Waals surface area contributed by atoms with E-state index in [1.807, 2.05) is 24.3 Å². The summed E-state index contributed by atoms with van der Waals surface area (Å²) >= 11 is 5.86. The Bertz CT molecular complexity index is 731. The van der Waals surface area contributed by atoms with Gasteiger partial charge in [0.1, 0.15) is 12.4 Å². The Hall–Kier alpha value is -1.93. The number of halogens is 1. The summed E-state index contributed by atoms with van der Waals surface area (Å²) < 4.78 is 7.98. The summed E-state index contributed by atoms with van der Waals surface area (Å²) in [5, 5.41) is 2.02. The topological polar surface area (TPSA) is 14.2 Å². The molecule has 0 amide bonds. The normalized spacial score (nSPS) is 11.0. The number of rotatable bonds is 5. The van der Waals surface area contributed by atoms with Gasteiger partial charge in [0, 0.05) is 16.7 Å². The first-order chi connectivity index (χ1) is 10.3. The third-order valence-electron chi connectivity index (χ3n) is 3.66. The molecule has 3 heteroatoms. The maximum Gasteiger partial charge on any atom is 0.119 e. The standard InChI is InChI=1S/C18H18ClNO/c1-2-14-3-8-18-15(13-14)9-10-20(18)11-12-21-17-6-4-16(19)5-7-17/h3-10,13H,2,11-12H2,1H3. The Balaban J connectivity index is 1.66. The van der Waals surface area contributed by atoms with E-state index < -0.39 is 0 Å². The first kappa shape index (κ1) is 14.0. The monoisotopic (exact) mass is 299 g/mol. The quantitative estimate of drug-likeness (QED) is 0.651. The molecule has 0 spiro atoms. The van der Waals surface area contributed by atoms with Crippen molar-refractivity contribution in [2.45, 2.75) is 19.9 Å². The van der Waals surface area contributed by atoms with E-state index in [4.69, 9.17) is 16.3 Å². The van der Waals surface area contributed by atoms with Crippen LogP contribution < -0.4 is 4.74 Å². The van der Waals surface area contributed by atoms with Crippen LogP contribution in [0.3, 0.4) is 0 Å². The van der Waals surface area contributed by atoms with E-state index in [0.29, 0.717) is 6.61 Å². The van der Waals surface area contributed by atoms with Crippen molar-refractivity contribution < 1.29 is 4.74 Å². The molecule has 3 aromatic rings. The van der Waals surface area contributed by atoms with Crippen molar-refractivity contribution in [3.8, 4) is 5.75 Å². The van der Waals surface area contributed by atoms with E-state index in [2.05, 4.69) is 42.0 Å². The van der Waals surface area contributed by atoms with Crippen molar-refractivity contribution in [2.24, 2.45) is 0 Å². The van der Waals surface area contributed by atoms with Crippen LogP contribution in [0.1, 0.15) is 12.5 Å². The summed E-state index contributed by atoms with van der Waals surface area (Å²) in [4.78, 5) is 0. The molecule has 2 aromatic carbocycles. The fourth-order valence-electron chi connectivity index (χ4n) is 2.46. The lowest BCUT2D eigenvalue weighted by Crippen LogP contribution is -2.07. The third kappa shape index (κ3) is 3.22. The number of benzene rings is 2. The molecule has 1 aromatic heterocycles.